The van der Waals surface area contributed by atoms with Crippen LogP contribution in [0, 0.1) is 0 Å². The van der Waals surface area contributed by atoms with Gasteiger partial charge < -0.3 is 14.0 Å². The highest BCUT2D eigenvalue weighted by Gasteiger charge is 2.20. The molecule has 2 rings (SSSR count). The summed E-state index contributed by atoms with van der Waals surface area (Å²) in [6.07, 6.45) is 1.05. The van der Waals surface area contributed by atoms with Crippen molar-refractivity contribution in [2.75, 3.05) is 13.2 Å². The minimum Gasteiger partial charge on any atom is -0.345 e. The maximum absolute atomic E-state index is 5.38. The van der Waals surface area contributed by atoms with Gasteiger partial charge in [-0.2, -0.15) is 4.98 Å². The molecule has 18 heavy (non-hydrogen) atoms. The molecule has 0 fully saturated rings. The molecule has 0 unspecified atom stereocenters. The number of hydrogen-bond donors (Lipinski definition) is 0. The van der Waals surface area contributed by atoms with Gasteiger partial charge in [0.25, 0.3) is 5.89 Å². The number of ether oxygens (including phenoxy) is 2. The van der Waals surface area contributed by atoms with Crippen molar-refractivity contribution >= 4 is 0 Å². The molecule has 96 valence electrons. The first-order valence-electron chi connectivity index (χ1n) is 5.83. The Balaban J connectivity index is 2.18. The second-order valence-corrected chi connectivity index (χ2v) is 3.41. The van der Waals surface area contributed by atoms with Gasteiger partial charge in [-0.25, -0.2) is 0 Å². The molecule has 2 heterocycles. The van der Waals surface area contributed by atoms with Crippen LogP contribution < -0.4 is 0 Å². The number of rotatable bonds is 6. The third-order valence-electron chi connectivity index (χ3n) is 2.17. The second kappa shape index (κ2) is 6.23. The zero-order valence-corrected chi connectivity index (χ0v) is 10.4. The van der Waals surface area contributed by atoms with Crippen molar-refractivity contribution in [1.82, 2.24) is 15.1 Å². The van der Waals surface area contributed by atoms with Crippen molar-refractivity contribution in [3.05, 3.63) is 30.3 Å². The van der Waals surface area contributed by atoms with Crippen molar-refractivity contribution in [2.45, 2.75) is 20.1 Å². The summed E-state index contributed by atoms with van der Waals surface area (Å²) in [5.74, 6) is 0.731. The number of nitrogens with zero attached hydrogens (tertiary/aromatic N) is 3. The van der Waals surface area contributed by atoms with Gasteiger partial charge in [-0.05, 0) is 26.0 Å². The summed E-state index contributed by atoms with van der Waals surface area (Å²) in [5, 5.41) is 3.86. The fraction of sp³-hybridized carbons (Fsp3) is 0.417. The van der Waals surface area contributed by atoms with Crippen LogP contribution in [0.3, 0.4) is 0 Å². The lowest BCUT2D eigenvalue weighted by Crippen LogP contribution is -2.09. The lowest BCUT2D eigenvalue weighted by molar-refractivity contribution is -0.155. The fourth-order valence-electron chi connectivity index (χ4n) is 1.42. The second-order valence-electron chi connectivity index (χ2n) is 3.41. The molecular formula is C12H15N3O3. The lowest BCUT2D eigenvalue weighted by atomic mass is 10.3. The van der Waals surface area contributed by atoms with Gasteiger partial charge in [0.1, 0.15) is 5.69 Å². The monoisotopic (exact) mass is 249 g/mol. The topological polar surface area (TPSA) is 70.3 Å². The van der Waals surface area contributed by atoms with Crippen LogP contribution in [0.2, 0.25) is 0 Å². The summed E-state index contributed by atoms with van der Waals surface area (Å²) in [6.45, 7) is 4.77. The van der Waals surface area contributed by atoms with E-state index in [-0.39, 0.29) is 0 Å². The van der Waals surface area contributed by atoms with Gasteiger partial charge >= 0.3 is 0 Å². The Labute approximate surface area is 105 Å². The molecule has 0 N–H and O–H groups in total. The van der Waals surface area contributed by atoms with Crippen molar-refractivity contribution < 1.29 is 14.0 Å². The van der Waals surface area contributed by atoms with E-state index in [1.54, 1.807) is 6.20 Å². The Bertz CT molecular complexity index is 466. The van der Waals surface area contributed by atoms with E-state index in [0.29, 0.717) is 30.6 Å². The highest BCUT2D eigenvalue weighted by molar-refractivity contribution is 5.47. The summed E-state index contributed by atoms with van der Waals surface area (Å²) < 4.78 is 15.9. The van der Waals surface area contributed by atoms with Crippen LogP contribution in [0.25, 0.3) is 11.5 Å². The first-order valence-corrected chi connectivity index (χ1v) is 5.83. The summed E-state index contributed by atoms with van der Waals surface area (Å²) in [6, 6.07) is 5.50. The molecule has 6 nitrogen and oxygen atoms in total. The Morgan fingerprint density at radius 1 is 1.22 bits per heavy atom. The van der Waals surface area contributed by atoms with E-state index in [1.807, 2.05) is 32.0 Å². The van der Waals surface area contributed by atoms with Crippen LogP contribution in [-0.2, 0) is 9.47 Å². The van der Waals surface area contributed by atoms with Gasteiger partial charge in [-0.1, -0.05) is 11.2 Å². The molecule has 0 saturated carbocycles. The molecular weight excluding hydrogens is 234 g/mol. The van der Waals surface area contributed by atoms with Gasteiger partial charge in [0.2, 0.25) is 12.1 Å². The van der Waals surface area contributed by atoms with E-state index in [2.05, 4.69) is 15.1 Å². The average molecular weight is 249 g/mol. The molecule has 0 atom stereocenters. The normalized spacial score (nSPS) is 11.1. The van der Waals surface area contributed by atoms with E-state index >= 15 is 0 Å². The van der Waals surface area contributed by atoms with Crippen LogP contribution >= 0.6 is 0 Å². The molecule has 0 aromatic carbocycles. The Morgan fingerprint density at radius 3 is 2.61 bits per heavy atom. The molecule has 0 radical (unpaired) electrons. The van der Waals surface area contributed by atoms with Gasteiger partial charge in [0.05, 0.1) is 0 Å². The van der Waals surface area contributed by atoms with E-state index < -0.39 is 6.29 Å². The van der Waals surface area contributed by atoms with Crippen LogP contribution in [0.1, 0.15) is 26.0 Å². The van der Waals surface area contributed by atoms with Gasteiger partial charge in [-0.15, -0.1) is 0 Å². The quantitative estimate of drug-likeness (QED) is 0.731. The number of hydrogen-bond acceptors (Lipinski definition) is 6. The third kappa shape index (κ3) is 2.91. The number of pyridine rings is 1. The smallest absolute Gasteiger partial charge is 0.284 e. The highest BCUT2D eigenvalue weighted by atomic mass is 16.7. The summed E-state index contributed by atoms with van der Waals surface area (Å²) >= 11 is 0. The van der Waals surface area contributed by atoms with E-state index in [0.717, 1.165) is 0 Å². The van der Waals surface area contributed by atoms with Crippen molar-refractivity contribution in [1.29, 1.82) is 0 Å². The third-order valence-corrected chi connectivity index (χ3v) is 2.17. The zero-order valence-electron chi connectivity index (χ0n) is 10.4. The first kappa shape index (κ1) is 12.7. The van der Waals surface area contributed by atoms with E-state index in [4.69, 9.17) is 14.0 Å². The first-order chi connectivity index (χ1) is 8.85. The largest absolute Gasteiger partial charge is 0.345 e. The van der Waals surface area contributed by atoms with E-state index in [1.165, 1.54) is 0 Å². The Morgan fingerprint density at radius 2 is 2.00 bits per heavy atom. The maximum Gasteiger partial charge on any atom is 0.284 e. The Kier molecular flexibility index (Phi) is 4.38. The summed E-state index contributed by atoms with van der Waals surface area (Å²) in [7, 11) is 0. The lowest BCUT2D eigenvalue weighted by Gasteiger charge is -2.11. The van der Waals surface area contributed by atoms with Gasteiger partial charge in [0.15, 0.2) is 0 Å². The Hall–Kier alpha value is -1.79. The van der Waals surface area contributed by atoms with Crippen LogP contribution in [0.5, 0.6) is 0 Å². The fourth-order valence-corrected chi connectivity index (χ4v) is 1.42. The zero-order chi connectivity index (χ0) is 12.8. The molecule has 2 aromatic rings. The molecule has 0 amide bonds. The molecule has 0 saturated heterocycles. The molecule has 2 aromatic heterocycles. The van der Waals surface area contributed by atoms with Gasteiger partial charge in [0, 0.05) is 19.4 Å². The molecule has 0 spiro atoms. The van der Waals surface area contributed by atoms with Crippen molar-refractivity contribution in [3.63, 3.8) is 0 Å². The molecule has 0 aliphatic rings. The standard InChI is InChI=1S/C12H15N3O3/c1-3-16-12(17-4-2)11-14-10(15-18-11)9-7-5-6-8-13-9/h5-8,12H,3-4H2,1-2H3. The van der Waals surface area contributed by atoms with Crippen LogP contribution in [0.4, 0.5) is 0 Å². The SMILES string of the molecule is CCOC(OCC)c1nc(-c2ccccn2)no1. The van der Waals surface area contributed by atoms with Crippen LogP contribution in [-0.4, -0.2) is 28.3 Å². The maximum atomic E-state index is 5.38. The molecule has 0 bridgehead atoms. The van der Waals surface area contributed by atoms with Crippen LogP contribution in [0.15, 0.2) is 28.9 Å². The minimum atomic E-state index is -0.620. The summed E-state index contributed by atoms with van der Waals surface area (Å²) in [4.78, 5) is 8.37. The molecule has 6 heteroatoms. The highest BCUT2D eigenvalue weighted by Crippen LogP contribution is 2.20. The molecule has 0 aliphatic heterocycles. The van der Waals surface area contributed by atoms with E-state index in [9.17, 15) is 0 Å². The predicted molar refractivity (Wildman–Crippen MR) is 63.5 cm³/mol. The molecule has 0 aliphatic carbocycles. The predicted octanol–water partition coefficient (Wildman–Crippen LogP) is 2.20. The van der Waals surface area contributed by atoms with Gasteiger partial charge in [-0.3, -0.25) is 4.98 Å². The van der Waals surface area contributed by atoms with Crippen molar-refractivity contribution in [2.24, 2.45) is 0 Å². The van der Waals surface area contributed by atoms with Crippen molar-refractivity contribution in [3.8, 4) is 11.5 Å². The minimum absolute atomic E-state index is 0.305. The summed E-state index contributed by atoms with van der Waals surface area (Å²) in [5.41, 5.74) is 0.652. The average Bonchev–Trinajstić information content (AvgIpc) is 2.89. The number of aromatic nitrogens is 3.